The summed E-state index contributed by atoms with van der Waals surface area (Å²) in [5.41, 5.74) is 7.96. The van der Waals surface area contributed by atoms with E-state index >= 15 is 0 Å². The number of halogens is 2. The molecule has 2 aliphatic rings. The third kappa shape index (κ3) is 7.14. The Balaban J connectivity index is 1.07. The molecule has 8 rings (SSSR count). The molecule has 4 aromatic carbocycles. The zero-order valence-electron chi connectivity index (χ0n) is 29.5. The molecule has 6 aromatic rings. The van der Waals surface area contributed by atoms with Gasteiger partial charge in [0.1, 0.15) is 35.2 Å². The van der Waals surface area contributed by atoms with Gasteiger partial charge in [0.15, 0.2) is 11.2 Å². The van der Waals surface area contributed by atoms with Gasteiger partial charge in [-0.3, -0.25) is 10.1 Å². The number of ether oxygens (including phenoxy) is 2. The van der Waals surface area contributed by atoms with Crippen LogP contribution in [0.3, 0.4) is 0 Å². The Kier molecular flexibility index (Phi) is 9.44. The van der Waals surface area contributed by atoms with Gasteiger partial charge in [-0.05, 0) is 117 Å². The number of hydrogen-bond acceptors (Lipinski definition) is 10. The molecule has 1 saturated carbocycles. The van der Waals surface area contributed by atoms with E-state index in [4.69, 9.17) is 28.3 Å². The average Bonchev–Trinajstić information content (AvgIpc) is 3.97. The van der Waals surface area contributed by atoms with Crippen molar-refractivity contribution in [3.63, 3.8) is 0 Å². The lowest BCUT2D eigenvalue weighted by Crippen LogP contribution is -2.41. The molecule has 1 aliphatic carbocycles. The molecular weight excluding hydrogens is 682 g/mol. The topological polar surface area (TPSA) is 132 Å². The van der Waals surface area contributed by atoms with E-state index in [1.807, 2.05) is 68.4 Å². The number of nitrogens with zero attached hydrogens (tertiary/aromatic N) is 2. The summed E-state index contributed by atoms with van der Waals surface area (Å²) in [6.45, 7) is 1.96. The van der Waals surface area contributed by atoms with Gasteiger partial charge in [0.25, 0.3) is 0 Å². The molecule has 3 N–H and O–H groups in total. The fraction of sp³-hybridized carbons (Fsp3) is 0.341. The van der Waals surface area contributed by atoms with Crippen LogP contribution in [-0.2, 0) is 22.7 Å². The summed E-state index contributed by atoms with van der Waals surface area (Å²) in [6.07, 6.45) is 5.10. The fourth-order valence-corrected chi connectivity index (χ4v) is 7.49. The largest absolute Gasteiger partial charge is 0.460 e. The van der Waals surface area contributed by atoms with E-state index in [2.05, 4.69) is 10.6 Å². The minimum Gasteiger partial charge on any atom is -0.460 e. The van der Waals surface area contributed by atoms with Crippen LogP contribution in [-0.4, -0.2) is 46.0 Å². The molecule has 12 heteroatoms. The molecule has 53 heavy (non-hydrogen) atoms. The summed E-state index contributed by atoms with van der Waals surface area (Å²) in [6, 6.07) is 20.2. The Labute approximate surface area is 304 Å². The number of rotatable bonds is 11. The van der Waals surface area contributed by atoms with Crippen LogP contribution >= 0.6 is 0 Å². The van der Waals surface area contributed by atoms with E-state index in [1.54, 1.807) is 6.07 Å². The number of oxazole rings is 2. The van der Waals surface area contributed by atoms with Crippen molar-refractivity contribution in [3.8, 4) is 39.8 Å². The maximum absolute atomic E-state index is 13.4. The first-order valence-electron chi connectivity index (χ1n) is 18.0. The second-order valence-electron chi connectivity index (χ2n) is 14.0. The van der Waals surface area contributed by atoms with Crippen molar-refractivity contribution in [1.29, 1.82) is 0 Å². The summed E-state index contributed by atoms with van der Waals surface area (Å²) in [5.74, 6) is 0.237. The smallest absolute Gasteiger partial charge is 0.387 e. The molecule has 0 bridgehead atoms. The van der Waals surface area contributed by atoms with Gasteiger partial charge in [-0.2, -0.15) is 8.78 Å². The molecule has 0 unspecified atom stereocenters. The number of hydrogen-bond donors (Lipinski definition) is 3. The average molecular weight is 723 g/mol. The highest BCUT2D eigenvalue weighted by Gasteiger charge is 2.30. The number of carbonyl (C=O) groups is 1. The van der Waals surface area contributed by atoms with Crippen molar-refractivity contribution in [1.82, 2.24) is 20.6 Å². The van der Waals surface area contributed by atoms with E-state index in [-0.39, 0.29) is 23.5 Å². The number of esters is 1. The number of aromatic nitrogens is 2. The van der Waals surface area contributed by atoms with Crippen LogP contribution in [0.25, 0.3) is 56.2 Å². The summed E-state index contributed by atoms with van der Waals surface area (Å²) >= 11 is 0. The second-order valence-corrected chi connectivity index (χ2v) is 14.0. The lowest BCUT2D eigenvalue weighted by atomic mass is 9.91. The predicted octanol–water partition coefficient (Wildman–Crippen LogP) is 8.34. The number of alkyl halides is 2. The van der Waals surface area contributed by atoms with Gasteiger partial charge in [0.2, 0.25) is 11.8 Å². The molecular formula is C41H40F2N4O6. The number of benzene rings is 4. The van der Waals surface area contributed by atoms with Gasteiger partial charge in [0, 0.05) is 29.3 Å². The van der Waals surface area contributed by atoms with Crippen LogP contribution in [0.1, 0.15) is 60.8 Å². The standard InChI is InChI=1S/C41H40F2N4O6/c1-23-27(8-5-10-29(23)37-46-32-18-25(13-14-34(32)51-37)21-45-41(49)15-3-4-16-41)28-9-6-11-30(24(28)2)38-47-33-19-26(22-50-39(48)31-12-7-17-44-31)35(53-40(42)43)20-36(33)52-38/h5-6,8-11,13-14,18-20,31,40,44-45,49H,3-4,7,12,15-17,21-22H2,1-2H3/t31-/m1/s1. The van der Waals surface area contributed by atoms with Crippen molar-refractivity contribution in [2.45, 2.75) is 83.9 Å². The second kappa shape index (κ2) is 14.3. The maximum atomic E-state index is 13.4. The molecule has 10 nitrogen and oxygen atoms in total. The summed E-state index contributed by atoms with van der Waals surface area (Å²) in [7, 11) is 0. The fourth-order valence-electron chi connectivity index (χ4n) is 7.49. The first-order valence-corrected chi connectivity index (χ1v) is 18.0. The molecule has 2 fully saturated rings. The molecule has 1 aliphatic heterocycles. The summed E-state index contributed by atoms with van der Waals surface area (Å²) in [5, 5.41) is 17.1. The Morgan fingerprint density at radius 1 is 0.906 bits per heavy atom. The number of nitrogens with one attached hydrogen (secondary N) is 2. The highest BCUT2D eigenvalue weighted by Crippen LogP contribution is 2.39. The minimum absolute atomic E-state index is 0.144. The van der Waals surface area contributed by atoms with Gasteiger partial charge in [-0.25, -0.2) is 9.97 Å². The van der Waals surface area contributed by atoms with Crippen LogP contribution in [0.2, 0.25) is 0 Å². The van der Waals surface area contributed by atoms with Crippen molar-refractivity contribution >= 4 is 28.2 Å². The van der Waals surface area contributed by atoms with Crippen LogP contribution in [0.5, 0.6) is 5.75 Å². The third-order valence-electron chi connectivity index (χ3n) is 10.4. The monoisotopic (exact) mass is 722 g/mol. The van der Waals surface area contributed by atoms with Gasteiger partial charge >= 0.3 is 12.6 Å². The highest BCUT2D eigenvalue weighted by molar-refractivity contribution is 5.85. The Morgan fingerprint density at radius 3 is 2.19 bits per heavy atom. The Bertz CT molecular complexity index is 2310. The van der Waals surface area contributed by atoms with Crippen LogP contribution in [0, 0.1) is 13.8 Å². The van der Waals surface area contributed by atoms with Crippen LogP contribution in [0.15, 0.2) is 75.6 Å². The molecule has 0 radical (unpaired) electrons. The zero-order chi connectivity index (χ0) is 36.7. The van der Waals surface area contributed by atoms with Crippen molar-refractivity contribution in [2.24, 2.45) is 0 Å². The zero-order valence-corrected chi connectivity index (χ0v) is 29.5. The molecule has 1 atom stereocenters. The molecule has 1 saturated heterocycles. The molecule has 0 amide bonds. The van der Waals surface area contributed by atoms with Crippen LogP contribution in [0.4, 0.5) is 8.78 Å². The van der Waals surface area contributed by atoms with Crippen molar-refractivity contribution in [3.05, 3.63) is 89.0 Å². The van der Waals surface area contributed by atoms with E-state index in [0.717, 1.165) is 83.1 Å². The van der Waals surface area contributed by atoms with E-state index in [1.165, 1.54) is 6.07 Å². The molecule has 0 spiro atoms. The first kappa shape index (κ1) is 34.9. The lowest BCUT2D eigenvalue weighted by Gasteiger charge is -2.23. The predicted molar refractivity (Wildman–Crippen MR) is 195 cm³/mol. The van der Waals surface area contributed by atoms with E-state index < -0.39 is 24.3 Å². The molecule has 3 heterocycles. The van der Waals surface area contributed by atoms with Gasteiger partial charge in [-0.1, -0.05) is 30.3 Å². The van der Waals surface area contributed by atoms with Gasteiger partial charge in [0.05, 0.1) is 0 Å². The van der Waals surface area contributed by atoms with Crippen LogP contribution < -0.4 is 15.4 Å². The Hall–Kier alpha value is -5.17. The van der Waals surface area contributed by atoms with Crippen molar-refractivity contribution < 1.29 is 37.0 Å². The van der Waals surface area contributed by atoms with Crippen molar-refractivity contribution in [2.75, 3.05) is 6.54 Å². The van der Waals surface area contributed by atoms with Gasteiger partial charge in [-0.15, -0.1) is 0 Å². The first-order chi connectivity index (χ1) is 25.6. The Morgan fingerprint density at radius 2 is 1.55 bits per heavy atom. The lowest BCUT2D eigenvalue weighted by molar-refractivity contribution is -0.147. The number of aliphatic hydroxyl groups is 1. The normalized spacial score (nSPS) is 17.0. The van der Waals surface area contributed by atoms with Gasteiger partial charge < -0.3 is 28.7 Å². The SMILES string of the molecule is Cc1c(-c2nc3cc(CNC4(O)CCCC4)ccc3o2)cccc1-c1cccc(-c2nc3cc(COC(=O)[C@H]4CCCN4)c(OC(F)F)cc3o2)c1C. The maximum Gasteiger partial charge on any atom is 0.387 e. The number of carbonyl (C=O) groups excluding carboxylic acids is 1. The number of fused-ring (bicyclic) bond motifs is 2. The highest BCUT2D eigenvalue weighted by atomic mass is 19.3. The molecule has 274 valence electrons. The quantitative estimate of drug-likeness (QED) is 0.0886. The van der Waals surface area contributed by atoms with E-state index in [9.17, 15) is 18.7 Å². The third-order valence-corrected chi connectivity index (χ3v) is 10.4. The van der Waals surface area contributed by atoms with E-state index in [0.29, 0.717) is 35.8 Å². The molecule has 2 aromatic heterocycles. The summed E-state index contributed by atoms with van der Waals surface area (Å²) in [4.78, 5) is 22.1. The minimum atomic E-state index is -3.08. The summed E-state index contributed by atoms with van der Waals surface area (Å²) < 4.78 is 49.4.